The first-order valence-corrected chi connectivity index (χ1v) is 8.53. The Hall–Kier alpha value is -3.46. The van der Waals surface area contributed by atoms with Crippen molar-refractivity contribution in [2.45, 2.75) is 0 Å². The summed E-state index contributed by atoms with van der Waals surface area (Å²) in [7, 11) is 0. The molecule has 0 N–H and O–H groups in total. The number of hydrogen-bond acceptors (Lipinski definition) is 1. The number of hydrogen-bond donors (Lipinski definition) is 0. The number of fused-ring (bicyclic) bond motifs is 3. The Bertz CT molecular complexity index is 1230. The summed E-state index contributed by atoms with van der Waals surface area (Å²) in [6.45, 7) is 0. The second-order valence-electron chi connectivity index (χ2n) is 6.24. The summed E-state index contributed by atoms with van der Waals surface area (Å²) >= 11 is 0. The average molecular weight is 338 g/mol. The molecule has 26 heavy (non-hydrogen) atoms. The van der Waals surface area contributed by atoms with Gasteiger partial charge in [-0.1, -0.05) is 66.7 Å². The van der Waals surface area contributed by atoms with Crippen LogP contribution in [0.25, 0.3) is 38.7 Å². The summed E-state index contributed by atoms with van der Waals surface area (Å²) in [5, 5.41) is 5.05. The van der Waals surface area contributed by atoms with Crippen molar-refractivity contribution in [1.29, 1.82) is 0 Å². The molecule has 0 unspecified atom stereocenters. The molecule has 0 saturated heterocycles. The quantitative estimate of drug-likeness (QED) is 0.388. The molecule has 5 rings (SSSR count). The van der Waals surface area contributed by atoms with E-state index < -0.39 is 0 Å². The number of aromatic nitrogens is 2. The fraction of sp³-hybridized carbons (Fsp3) is 0. The standard InChI is InChI=1S/C23H15FN2/c24-18-12-7-13-19-23(18)22(17-10-5-2-6-11-17)21(16-8-3-1-4-9-16)20-14-15-25-26(19)20/h1-15H. The van der Waals surface area contributed by atoms with Crippen LogP contribution in [0.4, 0.5) is 4.39 Å². The molecule has 3 heteroatoms. The van der Waals surface area contributed by atoms with E-state index >= 15 is 4.39 Å². The van der Waals surface area contributed by atoms with Gasteiger partial charge in [0, 0.05) is 16.5 Å². The number of pyridine rings is 1. The summed E-state index contributed by atoms with van der Waals surface area (Å²) in [4.78, 5) is 0. The van der Waals surface area contributed by atoms with E-state index in [4.69, 9.17) is 0 Å². The third-order valence-electron chi connectivity index (χ3n) is 4.74. The topological polar surface area (TPSA) is 17.3 Å². The van der Waals surface area contributed by atoms with Gasteiger partial charge in [-0.3, -0.25) is 0 Å². The Morgan fingerprint density at radius 2 is 1.27 bits per heavy atom. The van der Waals surface area contributed by atoms with Crippen LogP contribution in [0, 0.1) is 5.82 Å². The van der Waals surface area contributed by atoms with Gasteiger partial charge in [0.05, 0.1) is 17.2 Å². The van der Waals surface area contributed by atoms with Crippen molar-refractivity contribution in [2.24, 2.45) is 0 Å². The second kappa shape index (κ2) is 5.81. The van der Waals surface area contributed by atoms with Crippen molar-refractivity contribution in [2.75, 3.05) is 0 Å². The molecule has 2 nitrogen and oxygen atoms in total. The van der Waals surface area contributed by atoms with Gasteiger partial charge in [0.2, 0.25) is 0 Å². The van der Waals surface area contributed by atoms with Gasteiger partial charge in [0.1, 0.15) is 5.82 Å². The largest absolute Gasteiger partial charge is 0.232 e. The van der Waals surface area contributed by atoms with Crippen molar-refractivity contribution in [3.8, 4) is 22.3 Å². The van der Waals surface area contributed by atoms with E-state index in [0.717, 1.165) is 33.3 Å². The van der Waals surface area contributed by atoms with Crippen molar-refractivity contribution in [3.63, 3.8) is 0 Å². The number of rotatable bonds is 2. The lowest BCUT2D eigenvalue weighted by Gasteiger charge is -2.17. The van der Waals surface area contributed by atoms with Gasteiger partial charge < -0.3 is 0 Å². The van der Waals surface area contributed by atoms with Gasteiger partial charge in [-0.25, -0.2) is 8.91 Å². The highest BCUT2D eigenvalue weighted by molar-refractivity contribution is 6.08. The molecule has 0 amide bonds. The number of benzene rings is 3. The molecule has 0 saturated carbocycles. The third kappa shape index (κ3) is 2.14. The van der Waals surface area contributed by atoms with E-state index in [-0.39, 0.29) is 5.82 Å². The molecule has 2 heterocycles. The molecular weight excluding hydrogens is 323 g/mol. The minimum absolute atomic E-state index is 0.240. The van der Waals surface area contributed by atoms with Crippen LogP contribution in [0.1, 0.15) is 0 Å². The predicted octanol–water partition coefficient (Wildman–Crippen LogP) is 5.96. The molecular formula is C23H15FN2. The fourth-order valence-corrected chi connectivity index (χ4v) is 3.66. The van der Waals surface area contributed by atoms with Crippen molar-refractivity contribution < 1.29 is 4.39 Å². The molecule has 0 bridgehead atoms. The van der Waals surface area contributed by atoms with Crippen LogP contribution < -0.4 is 0 Å². The summed E-state index contributed by atoms with van der Waals surface area (Å²) in [5.74, 6) is -0.240. The van der Waals surface area contributed by atoms with Gasteiger partial charge in [0.15, 0.2) is 0 Å². The highest BCUT2D eigenvalue weighted by Gasteiger charge is 2.20. The lowest BCUT2D eigenvalue weighted by Crippen LogP contribution is -1.99. The van der Waals surface area contributed by atoms with E-state index in [0.29, 0.717) is 5.39 Å². The first-order chi connectivity index (χ1) is 12.8. The van der Waals surface area contributed by atoms with Crippen LogP contribution in [0.15, 0.2) is 91.1 Å². The smallest absolute Gasteiger partial charge is 0.133 e. The average Bonchev–Trinajstić information content (AvgIpc) is 3.18. The monoisotopic (exact) mass is 338 g/mol. The van der Waals surface area contributed by atoms with Crippen molar-refractivity contribution >= 4 is 16.4 Å². The van der Waals surface area contributed by atoms with E-state index in [1.54, 1.807) is 12.3 Å². The van der Waals surface area contributed by atoms with Crippen molar-refractivity contribution in [3.05, 3.63) is 96.9 Å². The Balaban J connectivity index is 2.07. The summed E-state index contributed by atoms with van der Waals surface area (Å²) < 4.78 is 16.8. The SMILES string of the molecule is Fc1cccc2c1c(-c1ccccc1)c(-c1ccccc1)c1ccnn12. The highest BCUT2D eigenvalue weighted by atomic mass is 19.1. The third-order valence-corrected chi connectivity index (χ3v) is 4.74. The number of nitrogens with zero attached hydrogens (tertiary/aromatic N) is 2. The van der Waals surface area contributed by atoms with Crippen molar-refractivity contribution in [1.82, 2.24) is 9.61 Å². The molecule has 0 spiro atoms. The Morgan fingerprint density at radius 1 is 0.615 bits per heavy atom. The first kappa shape index (κ1) is 14.8. The second-order valence-corrected chi connectivity index (χ2v) is 6.24. The van der Waals surface area contributed by atoms with Crippen LogP contribution >= 0.6 is 0 Å². The maximum absolute atomic E-state index is 15.0. The molecule has 124 valence electrons. The zero-order valence-corrected chi connectivity index (χ0v) is 13.9. The minimum atomic E-state index is -0.240. The lowest BCUT2D eigenvalue weighted by atomic mass is 9.91. The lowest BCUT2D eigenvalue weighted by molar-refractivity contribution is 0.639. The highest BCUT2D eigenvalue weighted by Crippen LogP contribution is 2.41. The van der Waals surface area contributed by atoms with Crippen LogP contribution in [-0.2, 0) is 0 Å². The first-order valence-electron chi connectivity index (χ1n) is 8.53. The number of halogens is 1. The maximum Gasteiger partial charge on any atom is 0.133 e. The Labute approximate surface area is 150 Å². The molecule has 5 aromatic rings. The van der Waals surface area contributed by atoms with Crippen LogP contribution in [-0.4, -0.2) is 9.61 Å². The fourth-order valence-electron chi connectivity index (χ4n) is 3.66. The van der Waals surface area contributed by atoms with Gasteiger partial charge in [-0.15, -0.1) is 0 Å². The Kier molecular flexibility index (Phi) is 3.32. The zero-order chi connectivity index (χ0) is 17.5. The molecule has 0 fully saturated rings. The molecule has 0 aliphatic carbocycles. The minimum Gasteiger partial charge on any atom is -0.232 e. The maximum atomic E-state index is 15.0. The molecule has 0 atom stereocenters. The molecule has 3 aromatic carbocycles. The molecule has 0 aliphatic rings. The van der Waals surface area contributed by atoms with E-state index in [1.807, 2.05) is 65.2 Å². The molecule has 0 aliphatic heterocycles. The van der Waals surface area contributed by atoms with Gasteiger partial charge in [-0.2, -0.15) is 5.10 Å². The van der Waals surface area contributed by atoms with Crippen LogP contribution in [0.5, 0.6) is 0 Å². The van der Waals surface area contributed by atoms with E-state index in [1.165, 1.54) is 6.07 Å². The predicted molar refractivity (Wildman–Crippen MR) is 104 cm³/mol. The van der Waals surface area contributed by atoms with Gasteiger partial charge in [-0.05, 0) is 29.3 Å². The molecule has 2 aromatic heterocycles. The van der Waals surface area contributed by atoms with Gasteiger partial charge >= 0.3 is 0 Å². The van der Waals surface area contributed by atoms with E-state index in [9.17, 15) is 0 Å². The summed E-state index contributed by atoms with van der Waals surface area (Å²) in [5.41, 5.74) is 5.66. The summed E-state index contributed by atoms with van der Waals surface area (Å²) in [6.07, 6.45) is 1.76. The van der Waals surface area contributed by atoms with Gasteiger partial charge in [0.25, 0.3) is 0 Å². The summed E-state index contributed by atoms with van der Waals surface area (Å²) in [6, 6.07) is 27.2. The zero-order valence-electron chi connectivity index (χ0n) is 13.9. The van der Waals surface area contributed by atoms with Crippen LogP contribution in [0.3, 0.4) is 0 Å². The molecule has 0 radical (unpaired) electrons. The normalized spacial score (nSPS) is 11.3. The van der Waals surface area contributed by atoms with Crippen LogP contribution in [0.2, 0.25) is 0 Å². The Morgan fingerprint density at radius 3 is 1.96 bits per heavy atom. The van der Waals surface area contributed by atoms with E-state index in [2.05, 4.69) is 17.2 Å².